The van der Waals surface area contributed by atoms with Crippen molar-refractivity contribution in [2.45, 2.75) is 20.8 Å². The molecule has 0 saturated heterocycles. The van der Waals surface area contributed by atoms with Crippen LogP contribution < -0.4 is 10.5 Å². The zero-order chi connectivity index (χ0) is 13.3. The lowest BCUT2D eigenvalue weighted by Gasteiger charge is -2.13. The van der Waals surface area contributed by atoms with E-state index in [1.807, 2.05) is 39.0 Å². The van der Waals surface area contributed by atoms with Gasteiger partial charge in [-0.05, 0) is 55.7 Å². The van der Waals surface area contributed by atoms with Gasteiger partial charge in [-0.3, -0.25) is 0 Å². The second-order valence-electron chi connectivity index (χ2n) is 4.38. The average Bonchev–Trinajstić information content (AvgIpc) is 2.25. The fourth-order valence-corrected chi connectivity index (χ4v) is 2.15. The fourth-order valence-electron chi connectivity index (χ4n) is 1.82. The fraction of sp³-hybridized carbons (Fsp3) is 0.214. The van der Waals surface area contributed by atoms with Crippen molar-refractivity contribution >= 4 is 17.3 Å². The number of nitrogens with two attached hydrogens (primary N) is 1. The number of nitrogens with zero attached hydrogens (tertiary/aromatic N) is 1. The number of benzene rings is 1. The quantitative estimate of drug-likeness (QED) is 0.889. The Morgan fingerprint density at radius 1 is 1.11 bits per heavy atom. The number of hydrogen-bond acceptors (Lipinski definition) is 3. The Hall–Kier alpha value is -1.74. The summed E-state index contributed by atoms with van der Waals surface area (Å²) >= 11 is 5.98. The molecule has 0 atom stereocenters. The second kappa shape index (κ2) is 4.86. The number of rotatable bonds is 2. The molecule has 18 heavy (non-hydrogen) atoms. The Balaban J connectivity index is 2.40. The molecule has 0 saturated carbocycles. The van der Waals surface area contributed by atoms with Crippen LogP contribution in [0.5, 0.6) is 11.6 Å². The van der Waals surface area contributed by atoms with Gasteiger partial charge in [0.15, 0.2) is 0 Å². The van der Waals surface area contributed by atoms with Crippen molar-refractivity contribution in [2.24, 2.45) is 0 Å². The summed E-state index contributed by atoms with van der Waals surface area (Å²) in [4.78, 5) is 4.20. The van der Waals surface area contributed by atoms with Gasteiger partial charge in [0.25, 0.3) is 0 Å². The van der Waals surface area contributed by atoms with Crippen LogP contribution in [0.4, 0.5) is 5.69 Å². The number of pyridine rings is 1. The van der Waals surface area contributed by atoms with Crippen LogP contribution in [0.2, 0.25) is 5.02 Å². The minimum absolute atomic E-state index is 0.425. The SMILES string of the molecule is Cc1cnc(Oc2c(C)cc(Cl)cc2C)c(N)c1. The highest BCUT2D eigenvalue weighted by Gasteiger charge is 2.10. The van der Waals surface area contributed by atoms with E-state index in [4.69, 9.17) is 22.1 Å². The molecular weight excluding hydrogens is 248 g/mol. The second-order valence-corrected chi connectivity index (χ2v) is 4.81. The highest BCUT2D eigenvalue weighted by Crippen LogP contribution is 2.32. The predicted octanol–water partition coefficient (Wildman–Crippen LogP) is 4.03. The van der Waals surface area contributed by atoms with Crippen LogP contribution in [0.3, 0.4) is 0 Å². The molecule has 2 N–H and O–H groups in total. The van der Waals surface area contributed by atoms with Gasteiger partial charge in [0.05, 0.1) is 5.69 Å². The normalized spacial score (nSPS) is 10.4. The molecule has 1 aromatic heterocycles. The maximum Gasteiger partial charge on any atom is 0.242 e. The molecule has 0 aliphatic rings. The molecule has 0 amide bonds. The first-order chi connectivity index (χ1) is 8.47. The van der Waals surface area contributed by atoms with Crippen molar-refractivity contribution in [1.82, 2.24) is 4.98 Å². The van der Waals surface area contributed by atoms with E-state index < -0.39 is 0 Å². The Bertz CT molecular complexity index is 573. The van der Waals surface area contributed by atoms with E-state index in [1.54, 1.807) is 6.20 Å². The summed E-state index contributed by atoms with van der Waals surface area (Å²) in [5, 5.41) is 0.696. The Morgan fingerprint density at radius 3 is 2.28 bits per heavy atom. The zero-order valence-corrected chi connectivity index (χ0v) is 11.4. The van der Waals surface area contributed by atoms with Crippen LogP contribution in [0.25, 0.3) is 0 Å². The van der Waals surface area contributed by atoms with Crippen LogP contribution in [0.1, 0.15) is 16.7 Å². The number of anilines is 1. The molecule has 0 unspecified atom stereocenters. The van der Waals surface area contributed by atoms with Gasteiger partial charge in [0.1, 0.15) is 5.75 Å². The van der Waals surface area contributed by atoms with Crippen molar-refractivity contribution in [1.29, 1.82) is 0 Å². The predicted molar refractivity (Wildman–Crippen MR) is 74.4 cm³/mol. The van der Waals surface area contributed by atoms with E-state index >= 15 is 0 Å². The number of nitrogen functional groups attached to an aromatic ring is 1. The third-order valence-corrected chi connectivity index (χ3v) is 2.86. The third-order valence-electron chi connectivity index (χ3n) is 2.64. The molecule has 2 aromatic rings. The molecular formula is C14H15ClN2O. The van der Waals surface area contributed by atoms with Gasteiger partial charge in [-0.25, -0.2) is 4.98 Å². The summed E-state index contributed by atoms with van der Waals surface area (Å²) in [6.07, 6.45) is 1.73. The van der Waals surface area contributed by atoms with Crippen molar-refractivity contribution in [3.05, 3.63) is 46.1 Å². The molecule has 0 bridgehead atoms. The molecule has 0 radical (unpaired) electrons. The number of hydrogen-bond donors (Lipinski definition) is 1. The minimum Gasteiger partial charge on any atom is -0.437 e. The topological polar surface area (TPSA) is 48.1 Å². The Labute approximate surface area is 112 Å². The standard InChI is InChI=1S/C14H15ClN2O/c1-8-4-12(16)14(17-7-8)18-13-9(2)5-11(15)6-10(13)3/h4-7H,16H2,1-3H3. The van der Waals surface area contributed by atoms with E-state index in [2.05, 4.69) is 4.98 Å². The Morgan fingerprint density at radius 2 is 1.72 bits per heavy atom. The molecule has 0 aliphatic heterocycles. The lowest BCUT2D eigenvalue weighted by Crippen LogP contribution is -1.98. The maximum atomic E-state index is 5.98. The molecule has 0 fully saturated rings. The minimum atomic E-state index is 0.425. The van der Waals surface area contributed by atoms with Gasteiger partial charge in [-0.2, -0.15) is 0 Å². The van der Waals surface area contributed by atoms with Crippen molar-refractivity contribution in [3.63, 3.8) is 0 Å². The van der Waals surface area contributed by atoms with Gasteiger partial charge in [0, 0.05) is 11.2 Å². The first-order valence-electron chi connectivity index (χ1n) is 5.64. The van der Waals surface area contributed by atoms with Crippen molar-refractivity contribution in [2.75, 3.05) is 5.73 Å². The summed E-state index contributed by atoms with van der Waals surface area (Å²) < 4.78 is 5.79. The summed E-state index contributed by atoms with van der Waals surface area (Å²) in [6.45, 7) is 5.82. The first-order valence-corrected chi connectivity index (χ1v) is 6.02. The van der Waals surface area contributed by atoms with E-state index in [1.165, 1.54) is 0 Å². The zero-order valence-electron chi connectivity index (χ0n) is 10.6. The Kier molecular flexibility index (Phi) is 3.43. The molecule has 4 heteroatoms. The van der Waals surface area contributed by atoms with Gasteiger partial charge in [0.2, 0.25) is 5.88 Å². The number of halogens is 1. The van der Waals surface area contributed by atoms with Gasteiger partial charge in [-0.15, -0.1) is 0 Å². The number of aromatic nitrogens is 1. The molecule has 0 spiro atoms. The van der Waals surface area contributed by atoms with E-state index in [0.29, 0.717) is 16.6 Å². The highest BCUT2D eigenvalue weighted by atomic mass is 35.5. The van der Waals surface area contributed by atoms with Gasteiger partial charge < -0.3 is 10.5 Å². The van der Waals surface area contributed by atoms with Crippen LogP contribution in [-0.4, -0.2) is 4.98 Å². The summed E-state index contributed by atoms with van der Waals surface area (Å²) in [7, 11) is 0. The molecule has 1 heterocycles. The molecule has 94 valence electrons. The van der Waals surface area contributed by atoms with Crippen LogP contribution in [0.15, 0.2) is 24.4 Å². The molecule has 2 rings (SSSR count). The molecule has 3 nitrogen and oxygen atoms in total. The van der Waals surface area contributed by atoms with Gasteiger partial charge >= 0.3 is 0 Å². The molecule has 1 aromatic carbocycles. The number of aryl methyl sites for hydroxylation is 3. The van der Waals surface area contributed by atoms with Crippen LogP contribution in [0, 0.1) is 20.8 Å². The van der Waals surface area contributed by atoms with Gasteiger partial charge in [-0.1, -0.05) is 11.6 Å². The highest BCUT2D eigenvalue weighted by molar-refractivity contribution is 6.30. The monoisotopic (exact) mass is 262 g/mol. The summed E-state index contributed by atoms with van der Waals surface area (Å²) in [5.41, 5.74) is 9.34. The van der Waals surface area contributed by atoms with Crippen molar-refractivity contribution in [3.8, 4) is 11.6 Å². The number of ether oxygens (including phenoxy) is 1. The molecule has 0 aliphatic carbocycles. The van der Waals surface area contributed by atoms with Crippen LogP contribution in [-0.2, 0) is 0 Å². The maximum absolute atomic E-state index is 5.98. The van der Waals surface area contributed by atoms with Crippen molar-refractivity contribution < 1.29 is 4.74 Å². The third kappa shape index (κ3) is 2.57. The summed E-state index contributed by atoms with van der Waals surface area (Å²) in [6, 6.07) is 5.55. The largest absolute Gasteiger partial charge is 0.437 e. The average molecular weight is 263 g/mol. The smallest absolute Gasteiger partial charge is 0.242 e. The lowest BCUT2D eigenvalue weighted by molar-refractivity contribution is 0.458. The van der Waals surface area contributed by atoms with Crippen LogP contribution >= 0.6 is 11.6 Å². The van der Waals surface area contributed by atoms with E-state index in [-0.39, 0.29) is 0 Å². The summed E-state index contributed by atoms with van der Waals surface area (Å²) in [5.74, 6) is 1.18. The van der Waals surface area contributed by atoms with E-state index in [0.717, 1.165) is 22.4 Å². The van der Waals surface area contributed by atoms with E-state index in [9.17, 15) is 0 Å². The lowest BCUT2D eigenvalue weighted by atomic mass is 10.1. The first kappa shape index (κ1) is 12.7.